The van der Waals surface area contributed by atoms with E-state index in [1.165, 1.54) is 7.11 Å². The molecule has 8 heteroatoms. The molecule has 1 aliphatic carbocycles. The Morgan fingerprint density at radius 1 is 1.58 bits per heavy atom. The first-order valence-corrected chi connectivity index (χ1v) is 5.80. The summed E-state index contributed by atoms with van der Waals surface area (Å²) in [7, 11) is 1.21. The van der Waals surface area contributed by atoms with E-state index in [1.807, 2.05) is 0 Å². The molecule has 0 aromatic carbocycles. The van der Waals surface area contributed by atoms with Crippen molar-refractivity contribution in [2.75, 3.05) is 7.11 Å². The lowest BCUT2D eigenvalue weighted by Gasteiger charge is -2.44. The van der Waals surface area contributed by atoms with Gasteiger partial charge < -0.3 is 15.8 Å². The number of nitrogens with two attached hydrogens (primary N) is 1. The van der Waals surface area contributed by atoms with E-state index in [2.05, 4.69) is 10.1 Å². The fourth-order valence-electron chi connectivity index (χ4n) is 2.89. The molecule has 1 heterocycles. The summed E-state index contributed by atoms with van der Waals surface area (Å²) >= 11 is 0. The minimum Gasteiger partial charge on any atom is -0.468 e. The van der Waals surface area contributed by atoms with E-state index in [4.69, 9.17) is 5.73 Å². The highest BCUT2D eigenvalue weighted by Crippen LogP contribution is 2.51. The number of alkyl halides is 2. The van der Waals surface area contributed by atoms with E-state index < -0.39 is 29.4 Å². The summed E-state index contributed by atoms with van der Waals surface area (Å²) in [6, 6.07) is -0.888. The van der Waals surface area contributed by atoms with Crippen molar-refractivity contribution < 1.29 is 23.1 Å². The minimum atomic E-state index is -2.69. The predicted octanol–water partition coefficient (Wildman–Crippen LogP) is 0.603. The topological polar surface area (TPSA) is 81.4 Å². The second-order valence-electron chi connectivity index (χ2n) is 5.25. The number of hydrogen-bond donors (Lipinski definition) is 2. The quantitative estimate of drug-likeness (QED) is 0.748. The van der Waals surface area contributed by atoms with Crippen LogP contribution >= 0.6 is 12.4 Å². The Balaban J connectivity index is 0.00000180. The molecule has 1 spiro atoms. The van der Waals surface area contributed by atoms with Gasteiger partial charge in [-0.1, -0.05) is 0 Å². The van der Waals surface area contributed by atoms with Gasteiger partial charge in [0.05, 0.1) is 12.6 Å². The number of carbonyl (C=O) groups is 2. The SMILES string of the molecule is COC(=O)[C@@H](N)CC1CC2(CC(F)(F)C2)NC1=O.Cl. The van der Waals surface area contributed by atoms with Crippen molar-refractivity contribution in [3.8, 4) is 0 Å². The minimum absolute atomic E-state index is 0. The second-order valence-corrected chi connectivity index (χ2v) is 5.25. The summed E-state index contributed by atoms with van der Waals surface area (Å²) in [5, 5.41) is 2.61. The maximum Gasteiger partial charge on any atom is 0.322 e. The fourth-order valence-corrected chi connectivity index (χ4v) is 2.89. The maximum atomic E-state index is 12.9. The number of nitrogens with one attached hydrogen (secondary N) is 1. The summed E-state index contributed by atoms with van der Waals surface area (Å²) in [6.45, 7) is 0. The average Bonchev–Trinajstić information content (AvgIpc) is 2.52. The second kappa shape index (κ2) is 5.20. The monoisotopic (exact) mass is 298 g/mol. The van der Waals surface area contributed by atoms with Crippen LogP contribution in [-0.2, 0) is 14.3 Å². The highest BCUT2D eigenvalue weighted by molar-refractivity contribution is 5.85. The Morgan fingerprint density at radius 2 is 2.16 bits per heavy atom. The molecule has 19 heavy (non-hydrogen) atoms. The van der Waals surface area contributed by atoms with Gasteiger partial charge in [0.1, 0.15) is 6.04 Å². The van der Waals surface area contributed by atoms with Gasteiger partial charge in [0.15, 0.2) is 0 Å². The van der Waals surface area contributed by atoms with E-state index in [1.54, 1.807) is 0 Å². The Hall–Kier alpha value is -0.950. The molecule has 1 unspecified atom stereocenters. The third-order valence-corrected chi connectivity index (χ3v) is 3.63. The van der Waals surface area contributed by atoms with E-state index in [9.17, 15) is 18.4 Å². The third-order valence-electron chi connectivity index (χ3n) is 3.63. The zero-order valence-corrected chi connectivity index (χ0v) is 11.3. The molecule has 0 aromatic heterocycles. The molecular formula is C11H17ClF2N2O3. The van der Waals surface area contributed by atoms with Crippen molar-refractivity contribution in [1.29, 1.82) is 0 Å². The molecular weight excluding hydrogens is 282 g/mol. The number of ether oxygens (including phenoxy) is 1. The van der Waals surface area contributed by atoms with Crippen LogP contribution in [0.3, 0.4) is 0 Å². The van der Waals surface area contributed by atoms with Gasteiger partial charge in [-0.15, -0.1) is 12.4 Å². The molecule has 1 saturated carbocycles. The normalized spacial score (nSPS) is 28.0. The van der Waals surface area contributed by atoms with E-state index in [0.717, 1.165) is 0 Å². The fraction of sp³-hybridized carbons (Fsp3) is 0.818. The summed E-state index contributed by atoms with van der Waals surface area (Å²) in [4.78, 5) is 22.8. The first-order valence-electron chi connectivity index (χ1n) is 5.80. The highest BCUT2D eigenvalue weighted by Gasteiger charge is 2.61. The largest absolute Gasteiger partial charge is 0.468 e. The van der Waals surface area contributed by atoms with Crippen molar-refractivity contribution in [2.24, 2.45) is 11.7 Å². The highest BCUT2D eigenvalue weighted by atomic mass is 35.5. The molecule has 0 aromatic rings. The van der Waals surface area contributed by atoms with Crippen molar-refractivity contribution >= 4 is 24.3 Å². The van der Waals surface area contributed by atoms with Crippen LogP contribution in [0.2, 0.25) is 0 Å². The van der Waals surface area contributed by atoms with Crippen molar-refractivity contribution in [3.63, 3.8) is 0 Å². The van der Waals surface area contributed by atoms with Crippen molar-refractivity contribution in [1.82, 2.24) is 5.32 Å². The number of amides is 1. The van der Waals surface area contributed by atoms with Crippen LogP contribution in [0.5, 0.6) is 0 Å². The zero-order valence-electron chi connectivity index (χ0n) is 10.4. The summed E-state index contributed by atoms with van der Waals surface area (Å²) in [5.74, 6) is -4.07. The molecule has 2 fully saturated rings. The molecule has 0 bridgehead atoms. The average molecular weight is 299 g/mol. The Labute approximate surface area is 115 Å². The van der Waals surface area contributed by atoms with E-state index >= 15 is 0 Å². The lowest BCUT2D eigenvalue weighted by Crippen LogP contribution is -2.58. The van der Waals surface area contributed by atoms with Gasteiger partial charge in [0.25, 0.3) is 5.92 Å². The van der Waals surface area contributed by atoms with Crippen LogP contribution in [0.4, 0.5) is 8.78 Å². The number of hydrogen-bond acceptors (Lipinski definition) is 4. The lowest BCUT2D eigenvalue weighted by atomic mass is 9.71. The van der Waals surface area contributed by atoms with Gasteiger partial charge in [-0.2, -0.15) is 0 Å². The van der Waals surface area contributed by atoms with E-state index in [-0.39, 0.29) is 37.6 Å². The number of halogens is 3. The van der Waals surface area contributed by atoms with E-state index in [0.29, 0.717) is 6.42 Å². The van der Waals surface area contributed by atoms with Gasteiger partial charge in [-0.25, -0.2) is 8.78 Å². The molecule has 3 N–H and O–H groups in total. The molecule has 1 saturated heterocycles. The van der Waals surface area contributed by atoms with Crippen LogP contribution < -0.4 is 11.1 Å². The number of esters is 1. The van der Waals surface area contributed by atoms with Crippen LogP contribution in [0, 0.1) is 5.92 Å². The molecule has 1 amide bonds. The van der Waals surface area contributed by atoms with Gasteiger partial charge in [-0.05, 0) is 12.8 Å². The zero-order chi connectivity index (χ0) is 13.6. The molecule has 2 rings (SSSR count). The standard InChI is InChI=1S/C11H16F2N2O3.ClH/c1-18-9(17)7(14)2-6-3-10(15-8(6)16)4-11(12,13)5-10;/h6-7H,2-5,14H2,1H3,(H,15,16);1H/t6?,7-;/m0./s1. The molecule has 2 aliphatic rings. The lowest BCUT2D eigenvalue weighted by molar-refractivity contribution is -0.143. The smallest absolute Gasteiger partial charge is 0.322 e. The van der Waals surface area contributed by atoms with Crippen LogP contribution in [0.1, 0.15) is 25.7 Å². The van der Waals surface area contributed by atoms with Gasteiger partial charge in [0.2, 0.25) is 5.91 Å². The maximum absolute atomic E-state index is 12.9. The molecule has 2 atom stereocenters. The van der Waals surface area contributed by atoms with Crippen LogP contribution in [-0.4, -0.2) is 36.5 Å². The Morgan fingerprint density at radius 3 is 2.63 bits per heavy atom. The molecule has 1 aliphatic heterocycles. The first-order chi connectivity index (χ1) is 8.27. The van der Waals surface area contributed by atoms with Gasteiger partial charge in [-0.3, -0.25) is 9.59 Å². The number of methoxy groups -OCH3 is 1. The number of rotatable bonds is 3. The van der Waals surface area contributed by atoms with Crippen LogP contribution in [0.15, 0.2) is 0 Å². The molecule has 110 valence electrons. The van der Waals surface area contributed by atoms with Crippen molar-refractivity contribution in [3.05, 3.63) is 0 Å². The molecule has 0 radical (unpaired) electrons. The third kappa shape index (κ3) is 3.14. The predicted molar refractivity (Wildman–Crippen MR) is 65.0 cm³/mol. The van der Waals surface area contributed by atoms with Crippen LogP contribution in [0.25, 0.3) is 0 Å². The molecule has 5 nitrogen and oxygen atoms in total. The Bertz CT molecular complexity index is 384. The summed E-state index contributed by atoms with van der Waals surface area (Å²) < 4.78 is 30.2. The first kappa shape index (κ1) is 16.1. The van der Waals surface area contributed by atoms with Crippen molar-refractivity contribution in [2.45, 2.75) is 43.2 Å². The summed E-state index contributed by atoms with van der Waals surface area (Å²) in [6.07, 6.45) is -0.205. The Kier molecular flexibility index (Phi) is 4.41. The van der Waals surface area contributed by atoms with Gasteiger partial charge >= 0.3 is 5.97 Å². The summed E-state index contributed by atoms with van der Waals surface area (Å²) in [5.41, 5.74) is 4.78. The number of carbonyl (C=O) groups excluding carboxylic acids is 2. The van der Waals surface area contributed by atoms with Gasteiger partial charge in [0, 0.05) is 18.8 Å².